The highest BCUT2D eigenvalue weighted by Gasteiger charge is 2.44. The van der Waals surface area contributed by atoms with Gasteiger partial charge in [-0.2, -0.15) is 0 Å². The van der Waals surface area contributed by atoms with E-state index in [4.69, 9.17) is 12.3 Å². The lowest BCUT2D eigenvalue weighted by molar-refractivity contribution is 0.282. The van der Waals surface area contributed by atoms with Crippen LogP contribution in [0.2, 0.25) is 45.8 Å². The van der Waals surface area contributed by atoms with E-state index in [0.717, 1.165) is 0 Å². The van der Waals surface area contributed by atoms with E-state index in [2.05, 4.69) is 6.58 Å². The Morgan fingerprint density at radius 1 is 0.778 bits per heavy atom. The van der Waals surface area contributed by atoms with Crippen LogP contribution in [-0.2, 0) is 12.3 Å². The van der Waals surface area contributed by atoms with Crippen LogP contribution in [0.3, 0.4) is 0 Å². The Morgan fingerprint density at radius 3 is 1.44 bits per heavy atom. The first-order valence-electron chi connectivity index (χ1n) is 5.87. The third-order valence-electron chi connectivity index (χ3n) is 1.77. The third-order valence-corrected chi connectivity index (χ3v) is 13.7. The summed E-state index contributed by atoms with van der Waals surface area (Å²) in [5.74, 6) is 0. The van der Waals surface area contributed by atoms with E-state index < -0.39 is 34.2 Å². The molecule has 108 valence electrons. The molecule has 0 rings (SSSR count). The Bertz CT molecular complexity index is 296. The van der Waals surface area contributed by atoms with Crippen LogP contribution < -0.4 is 0 Å². The molecule has 0 aromatic heterocycles. The van der Waals surface area contributed by atoms with Crippen molar-refractivity contribution in [2.45, 2.75) is 45.8 Å². The molecule has 0 spiro atoms. The molecule has 0 saturated heterocycles. The van der Waals surface area contributed by atoms with Crippen LogP contribution in [0, 0.1) is 0 Å². The molecule has 0 bridgehead atoms. The maximum Gasteiger partial charge on any atom is 0.343 e. The summed E-state index contributed by atoms with van der Waals surface area (Å²) in [7, 11) is -10.5. The van der Waals surface area contributed by atoms with E-state index >= 15 is 0 Å². The van der Waals surface area contributed by atoms with Gasteiger partial charge in [-0.05, 0) is 45.8 Å². The highest BCUT2D eigenvalue weighted by molar-refractivity contribution is 6.89. The van der Waals surface area contributed by atoms with Crippen molar-refractivity contribution in [3.05, 3.63) is 12.3 Å². The molecule has 0 heterocycles. The zero-order chi connectivity index (χ0) is 14.8. The van der Waals surface area contributed by atoms with Crippen molar-refractivity contribution in [2.75, 3.05) is 0 Å². The highest BCUT2D eigenvalue weighted by Crippen LogP contribution is 2.23. The van der Waals surface area contributed by atoms with Crippen LogP contribution in [0.25, 0.3) is 0 Å². The summed E-state index contributed by atoms with van der Waals surface area (Å²) in [6, 6.07) is 0. The molecule has 5 nitrogen and oxygen atoms in total. The molecule has 0 aliphatic carbocycles. The minimum Gasteiger partial charge on any atom is -0.416 e. The van der Waals surface area contributed by atoms with Crippen LogP contribution >= 0.6 is 0 Å². The fourth-order valence-corrected chi connectivity index (χ4v) is 16.1. The van der Waals surface area contributed by atoms with Gasteiger partial charge in [-0.3, -0.25) is 0 Å². The van der Waals surface area contributed by atoms with Crippen molar-refractivity contribution in [2.24, 2.45) is 0 Å². The molecule has 0 aliphatic rings. The Kier molecular flexibility index (Phi) is 5.94. The summed E-state index contributed by atoms with van der Waals surface area (Å²) in [6.07, 6.45) is 0. The zero-order valence-corrected chi connectivity index (χ0v) is 16.4. The Labute approximate surface area is 114 Å². The van der Waals surface area contributed by atoms with Gasteiger partial charge in [-0.25, -0.2) is 0 Å². The number of hydrogen-bond acceptors (Lipinski definition) is 5. The molecule has 0 radical (unpaired) electrons. The number of hydrogen-bond donors (Lipinski definition) is 2. The molecule has 0 fully saturated rings. The molecule has 2 N–H and O–H groups in total. The summed E-state index contributed by atoms with van der Waals surface area (Å²) in [4.78, 5) is 19.7. The minimum atomic E-state index is -2.69. The Morgan fingerprint density at radius 2 is 1.17 bits per heavy atom. The van der Waals surface area contributed by atoms with E-state index in [1.54, 1.807) is 31.9 Å². The van der Waals surface area contributed by atoms with Gasteiger partial charge in [0, 0.05) is 0 Å². The van der Waals surface area contributed by atoms with Gasteiger partial charge in [0.1, 0.15) is 0 Å². The van der Waals surface area contributed by atoms with E-state index in [0.29, 0.717) is 0 Å². The molecule has 18 heavy (non-hydrogen) atoms. The van der Waals surface area contributed by atoms with Crippen molar-refractivity contribution < 1.29 is 21.9 Å². The molecule has 0 aromatic rings. The standard InChI is InChI=1S/C9H26O5Si4/c1-9-18(8,13-16(4,5)11)14-17(6,7)12-15(2,3)10/h9-11H,1H2,2-8H3. The molecule has 0 amide bonds. The van der Waals surface area contributed by atoms with E-state index in [-0.39, 0.29) is 0 Å². The first-order valence-corrected chi connectivity index (χ1v) is 16.8. The third kappa shape index (κ3) is 8.50. The predicted molar refractivity (Wildman–Crippen MR) is 82.0 cm³/mol. The van der Waals surface area contributed by atoms with Crippen LogP contribution in [0.5, 0.6) is 0 Å². The Hall–Kier alpha value is 0.408. The van der Waals surface area contributed by atoms with Crippen molar-refractivity contribution in [1.29, 1.82) is 0 Å². The van der Waals surface area contributed by atoms with E-state index in [9.17, 15) is 9.59 Å². The topological polar surface area (TPSA) is 68.2 Å². The molecular formula is C9H26O5Si4. The van der Waals surface area contributed by atoms with E-state index in [1.165, 1.54) is 0 Å². The molecule has 1 unspecified atom stereocenters. The van der Waals surface area contributed by atoms with Crippen LogP contribution in [0.4, 0.5) is 0 Å². The minimum absolute atomic E-state index is 1.64. The van der Waals surface area contributed by atoms with Gasteiger partial charge in [-0.1, -0.05) is 5.70 Å². The molecule has 0 saturated carbocycles. The van der Waals surface area contributed by atoms with Gasteiger partial charge in [-0.15, -0.1) is 6.58 Å². The molecule has 0 aromatic carbocycles. The first-order chi connectivity index (χ1) is 7.68. The monoisotopic (exact) mass is 326 g/mol. The first kappa shape index (κ1) is 18.4. The normalized spacial score (nSPS) is 17.4. The summed E-state index contributed by atoms with van der Waals surface area (Å²) >= 11 is 0. The second-order valence-corrected chi connectivity index (χ2v) is 19.3. The fraction of sp³-hybridized carbons (Fsp3) is 0.778. The van der Waals surface area contributed by atoms with Gasteiger partial charge < -0.3 is 21.9 Å². The summed E-state index contributed by atoms with van der Waals surface area (Å²) in [5.41, 5.74) is 1.64. The predicted octanol–water partition coefficient (Wildman–Crippen LogP) is 1.92. The van der Waals surface area contributed by atoms with Crippen molar-refractivity contribution in [3.8, 4) is 0 Å². The summed E-state index contributed by atoms with van der Waals surface area (Å²) < 4.78 is 17.4. The zero-order valence-electron chi connectivity index (χ0n) is 12.4. The maximum absolute atomic E-state index is 9.87. The van der Waals surface area contributed by atoms with Gasteiger partial charge >= 0.3 is 34.2 Å². The van der Waals surface area contributed by atoms with E-state index in [1.807, 2.05) is 19.6 Å². The van der Waals surface area contributed by atoms with Gasteiger partial charge in [0.25, 0.3) is 0 Å². The smallest absolute Gasteiger partial charge is 0.343 e. The SMILES string of the molecule is C=C[Si](C)(O[Si](C)(C)O)O[Si](C)(C)O[Si](C)(C)O. The highest BCUT2D eigenvalue weighted by atomic mass is 28.5. The summed E-state index contributed by atoms with van der Waals surface area (Å²) in [6.45, 7) is 16.1. The maximum atomic E-state index is 9.87. The van der Waals surface area contributed by atoms with Gasteiger partial charge in [0.2, 0.25) is 0 Å². The number of rotatable bonds is 7. The Balaban J connectivity index is 4.85. The van der Waals surface area contributed by atoms with Gasteiger partial charge in [0.05, 0.1) is 0 Å². The molecule has 9 heteroatoms. The quantitative estimate of drug-likeness (QED) is 0.700. The van der Waals surface area contributed by atoms with Crippen LogP contribution in [0.15, 0.2) is 12.3 Å². The lowest BCUT2D eigenvalue weighted by Crippen LogP contribution is -2.57. The van der Waals surface area contributed by atoms with Crippen LogP contribution in [0.1, 0.15) is 0 Å². The van der Waals surface area contributed by atoms with Crippen molar-refractivity contribution in [1.82, 2.24) is 0 Å². The van der Waals surface area contributed by atoms with Gasteiger partial charge in [0.15, 0.2) is 0 Å². The summed E-state index contributed by atoms with van der Waals surface area (Å²) in [5, 5.41) is 0. The largest absolute Gasteiger partial charge is 0.416 e. The lowest BCUT2D eigenvalue weighted by Gasteiger charge is -2.38. The average molecular weight is 327 g/mol. The van der Waals surface area contributed by atoms with Crippen molar-refractivity contribution >= 4 is 34.2 Å². The fourth-order valence-electron chi connectivity index (χ4n) is 1.71. The molecule has 1 atom stereocenters. The van der Waals surface area contributed by atoms with Crippen molar-refractivity contribution in [3.63, 3.8) is 0 Å². The van der Waals surface area contributed by atoms with Crippen LogP contribution in [-0.4, -0.2) is 43.8 Å². The molecule has 0 aliphatic heterocycles. The average Bonchev–Trinajstić information content (AvgIpc) is 1.93. The second-order valence-electron chi connectivity index (χ2n) is 5.82. The second kappa shape index (κ2) is 5.81. The molecular weight excluding hydrogens is 300 g/mol. The lowest BCUT2D eigenvalue weighted by atomic mass is 11.3.